The van der Waals surface area contributed by atoms with Gasteiger partial charge in [-0.3, -0.25) is 4.90 Å². The highest BCUT2D eigenvalue weighted by Gasteiger charge is 2.30. The van der Waals surface area contributed by atoms with Crippen molar-refractivity contribution in [3.05, 3.63) is 24.3 Å². The summed E-state index contributed by atoms with van der Waals surface area (Å²) in [7, 11) is 0. The zero-order chi connectivity index (χ0) is 13.8. The summed E-state index contributed by atoms with van der Waals surface area (Å²) >= 11 is 0. The number of β-amino-alcohol motifs (C(OH)–C–C–N with tert-alkyl or cyclic N) is 3. The summed E-state index contributed by atoms with van der Waals surface area (Å²) < 4.78 is 5.43. The molecule has 5 N–H and O–H groups in total. The van der Waals surface area contributed by atoms with E-state index in [4.69, 9.17) is 10.5 Å². The van der Waals surface area contributed by atoms with Crippen molar-refractivity contribution in [3.63, 3.8) is 0 Å². The van der Waals surface area contributed by atoms with Crippen LogP contribution in [0, 0.1) is 0 Å². The van der Waals surface area contributed by atoms with Crippen molar-refractivity contribution in [2.45, 2.75) is 18.3 Å². The molecule has 0 amide bonds. The van der Waals surface area contributed by atoms with Crippen molar-refractivity contribution in [2.24, 2.45) is 0 Å². The Bertz CT molecular complexity index is 405. The van der Waals surface area contributed by atoms with Crippen LogP contribution in [-0.2, 0) is 0 Å². The largest absolute Gasteiger partial charge is 0.491 e. The van der Waals surface area contributed by atoms with Gasteiger partial charge in [-0.15, -0.1) is 0 Å². The molecule has 3 unspecified atom stereocenters. The Morgan fingerprint density at radius 2 is 2.00 bits per heavy atom. The Hall–Kier alpha value is -1.34. The fraction of sp³-hybridized carbons (Fsp3) is 0.538. The summed E-state index contributed by atoms with van der Waals surface area (Å²) in [6, 6.07) is 7.00. The smallest absolute Gasteiger partial charge is 0.121 e. The monoisotopic (exact) mass is 268 g/mol. The number of aliphatic hydroxyl groups is 3. The highest BCUT2D eigenvalue weighted by atomic mass is 16.5. The number of likely N-dealkylation sites (tertiary alicyclic amines) is 1. The lowest BCUT2D eigenvalue weighted by Crippen LogP contribution is -2.35. The molecule has 0 aromatic heterocycles. The molecule has 1 aromatic carbocycles. The first kappa shape index (κ1) is 14.1. The molecule has 1 fully saturated rings. The van der Waals surface area contributed by atoms with Gasteiger partial charge in [-0.2, -0.15) is 0 Å². The normalized spacial score (nSPS) is 25.4. The van der Waals surface area contributed by atoms with E-state index in [1.807, 2.05) is 4.90 Å². The average molecular weight is 268 g/mol. The topological polar surface area (TPSA) is 99.2 Å². The van der Waals surface area contributed by atoms with Crippen molar-refractivity contribution in [1.82, 2.24) is 4.90 Å². The molecule has 1 aromatic rings. The number of rotatable bonds is 5. The molecule has 19 heavy (non-hydrogen) atoms. The third-order valence-electron chi connectivity index (χ3n) is 3.10. The standard InChI is InChI=1S/C13H20N2O4/c14-9-2-1-3-11(4-9)19-8-10(16)5-15-6-12(17)13(18)7-15/h1-4,10,12-13,16-18H,5-8,14H2. The van der Waals surface area contributed by atoms with Crippen molar-refractivity contribution in [2.75, 3.05) is 32.0 Å². The van der Waals surface area contributed by atoms with Gasteiger partial charge in [-0.25, -0.2) is 0 Å². The van der Waals surface area contributed by atoms with Crippen LogP contribution in [-0.4, -0.2) is 64.8 Å². The van der Waals surface area contributed by atoms with Crippen molar-refractivity contribution in [1.29, 1.82) is 0 Å². The molecule has 106 valence electrons. The number of anilines is 1. The van der Waals surface area contributed by atoms with E-state index in [-0.39, 0.29) is 6.61 Å². The molecule has 3 atom stereocenters. The second kappa shape index (κ2) is 6.21. The van der Waals surface area contributed by atoms with Crippen LogP contribution in [0.4, 0.5) is 5.69 Å². The average Bonchev–Trinajstić information content (AvgIpc) is 2.66. The van der Waals surface area contributed by atoms with Crippen LogP contribution in [0.25, 0.3) is 0 Å². The van der Waals surface area contributed by atoms with E-state index in [9.17, 15) is 15.3 Å². The number of nitrogen functional groups attached to an aromatic ring is 1. The van der Waals surface area contributed by atoms with Gasteiger partial charge in [-0.05, 0) is 12.1 Å². The molecule has 0 saturated carbocycles. The predicted molar refractivity (Wildman–Crippen MR) is 70.8 cm³/mol. The Morgan fingerprint density at radius 3 is 2.63 bits per heavy atom. The van der Waals surface area contributed by atoms with Gasteiger partial charge >= 0.3 is 0 Å². The maximum absolute atomic E-state index is 9.85. The van der Waals surface area contributed by atoms with Crippen molar-refractivity contribution < 1.29 is 20.1 Å². The summed E-state index contributed by atoms with van der Waals surface area (Å²) in [4.78, 5) is 1.81. The predicted octanol–water partition coefficient (Wildman–Crippen LogP) is -0.954. The highest BCUT2D eigenvalue weighted by Crippen LogP contribution is 2.15. The molecule has 1 heterocycles. The SMILES string of the molecule is Nc1cccc(OCC(O)CN2CC(O)C(O)C2)c1. The van der Waals surface area contributed by atoms with E-state index >= 15 is 0 Å². The van der Waals surface area contributed by atoms with E-state index < -0.39 is 18.3 Å². The summed E-state index contributed by atoms with van der Waals surface area (Å²) in [5.41, 5.74) is 6.23. The first-order valence-corrected chi connectivity index (χ1v) is 6.29. The van der Waals surface area contributed by atoms with Crippen LogP contribution in [0.3, 0.4) is 0 Å². The van der Waals surface area contributed by atoms with Crippen molar-refractivity contribution in [3.8, 4) is 5.75 Å². The fourth-order valence-electron chi connectivity index (χ4n) is 2.14. The number of benzene rings is 1. The van der Waals surface area contributed by atoms with Crippen molar-refractivity contribution >= 4 is 5.69 Å². The van der Waals surface area contributed by atoms with Crippen LogP contribution in [0.1, 0.15) is 0 Å². The minimum Gasteiger partial charge on any atom is -0.491 e. The number of aliphatic hydroxyl groups excluding tert-OH is 3. The van der Waals surface area contributed by atoms with E-state index in [1.165, 1.54) is 0 Å². The molecule has 1 aliphatic rings. The van der Waals surface area contributed by atoms with E-state index in [0.29, 0.717) is 31.1 Å². The first-order valence-electron chi connectivity index (χ1n) is 6.29. The van der Waals surface area contributed by atoms with Crippen LogP contribution in [0.15, 0.2) is 24.3 Å². The lowest BCUT2D eigenvalue weighted by Gasteiger charge is -2.19. The van der Waals surface area contributed by atoms with Gasteiger partial charge in [-0.1, -0.05) is 6.07 Å². The number of nitrogens with two attached hydrogens (primary N) is 1. The zero-order valence-electron chi connectivity index (χ0n) is 10.6. The van der Waals surface area contributed by atoms with Crippen LogP contribution in [0.2, 0.25) is 0 Å². The van der Waals surface area contributed by atoms with Gasteiger partial charge in [0.25, 0.3) is 0 Å². The zero-order valence-corrected chi connectivity index (χ0v) is 10.6. The molecule has 6 nitrogen and oxygen atoms in total. The maximum atomic E-state index is 9.85. The molecular formula is C13H20N2O4. The Labute approximate surface area is 112 Å². The maximum Gasteiger partial charge on any atom is 0.121 e. The molecule has 0 radical (unpaired) electrons. The van der Waals surface area contributed by atoms with Crippen LogP contribution >= 0.6 is 0 Å². The summed E-state index contributed by atoms with van der Waals surface area (Å²) in [6.45, 7) is 1.25. The van der Waals surface area contributed by atoms with Gasteiger partial charge in [0.2, 0.25) is 0 Å². The number of hydrogen-bond acceptors (Lipinski definition) is 6. The Balaban J connectivity index is 1.74. The molecule has 0 aliphatic carbocycles. The number of ether oxygens (including phenoxy) is 1. The molecule has 2 rings (SSSR count). The molecule has 1 saturated heterocycles. The molecule has 6 heteroatoms. The number of nitrogens with zero attached hydrogens (tertiary/aromatic N) is 1. The highest BCUT2D eigenvalue weighted by molar-refractivity contribution is 5.43. The lowest BCUT2D eigenvalue weighted by molar-refractivity contribution is 0.0572. The van der Waals surface area contributed by atoms with Gasteiger partial charge in [0.05, 0.1) is 12.2 Å². The molecule has 1 aliphatic heterocycles. The third-order valence-corrected chi connectivity index (χ3v) is 3.10. The summed E-state index contributed by atoms with van der Waals surface area (Å²) in [5.74, 6) is 0.612. The first-order chi connectivity index (χ1) is 9.04. The summed E-state index contributed by atoms with van der Waals surface area (Å²) in [6.07, 6.45) is -2.15. The molecule has 0 spiro atoms. The molecule has 0 bridgehead atoms. The van der Waals surface area contributed by atoms with Crippen LogP contribution in [0.5, 0.6) is 5.75 Å². The minimum absolute atomic E-state index is 0.145. The quantitative estimate of drug-likeness (QED) is 0.514. The fourth-order valence-corrected chi connectivity index (χ4v) is 2.14. The third kappa shape index (κ3) is 4.07. The van der Waals surface area contributed by atoms with Gasteiger partial charge in [0, 0.05) is 31.4 Å². The lowest BCUT2D eigenvalue weighted by atomic mass is 10.3. The van der Waals surface area contributed by atoms with E-state index in [2.05, 4.69) is 0 Å². The van der Waals surface area contributed by atoms with Crippen LogP contribution < -0.4 is 10.5 Å². The number of hydrogen-bond donors (Lipinski definition) is 4. The van der Waals surface area contributed by atoms with E-state index in [0.717, 1.165) is 0 Å². The van der Waals surface area contributed by atoms with Gasteiger partial charge in [0.15, 0.2) is 0 Å². The minimum atomic E-state index is -0.734. The van der Waals surface area contributed by atoms with E-state index in [1.54, 1.807) is 24.3 Å². The Kier molecular flexibility index (Phi) is 4.60. The Morgan fingerprint density at radius 1 is 1.32 bits per heavy atom. The van der Waals surface area contributed by atoms with Gasteiger partial charge in [0.1, 0.15) is 18.5 Å². The molecular weight excluding hydrogens is 248 g/mol. The summed E-state index contributed by atoms with van der Waals surface area (Å²) in [5, 5.41) is 28.7. The van der Waals surface area contributed by atoms with Gasteiger partial charge < -0.3 is 25.8 Å². The second-order valence-electron chi connectivity index (χ2n) is 4.89. The second-order valence-corrected chi connectivity index (χ2v) is 4.89.